The maximum atomic E-state index is 13.0. The molecule has 11 heteroatoms. The monoisotopic (exact) mass is 461 g/mol. The second kappa shape index (κ2) is 8.22. The van der Waals surface area contributed by atoms with Gasteiger partial charge in [-0.3, -0.25) is 24.6 Å². The number of piperidine rings is 1. The summed E-state index contributed by atoms with van der Waals surface area (Å²) in [6.07, 6.45) is 0.553. The Balaban J connectivity index is 1.25. The molecule has 4 aliphatic rings. The van der Waals surface area contributed by atoms with E-state index in [1.165, 1.54) is 0 Å². The average Bonchev–Trinajstić information content (AvgIpc) is 3.08. The summed E-state index contributed by atoms with van der Waals surface area (Å²) < 4.78 is 27.2. The van der Waals surface area contributed by atoms with Gasteiger partial charge in [0, 0.05) is 64.3 Å². The summed E-state index contributed by atoms with van der Waals surface area (Å²) in [7, 11) is -3.29. The van der Waals surface area contributed by atoms with Gasteiger partial charge in [-0.25, -0.2) is 8.42 Å². The lowest BCUT2D eigenvalue weighted by Gasteiger charge is -2.42. The van der Waals surface area contributed by atoms with Crippen LogP contribution in [0.4, 0.5) is 0 Å². The molecule has 0 saturated carbocycles. The highest BCUT2D eigenvalue weighted by Gasteiger charge is 2.43. The van der Waals surface area contributed by atoms with Crippen molar-refractivity contribution < 1.29 is 22.8 Å². The molecule has 1 unspecified atom stereocenters. The molecule has 10 nitrogen and oxygen atoms in total. The quantitative estimate of drug-likeness (QED) is 0.533. The van der Waals surface area contributed by atoms with Crippen molar-refractivity contribution in [1.82, 2.24) is 24.7 Å². The molecule has 0 aliphatic carbocycles. The summed E-state index contributed by atoms with van der Waals surface area (Å²) in [5.41, 5.74) is 2.44. The first-order chi connectivity index (χ1) is 15.3. The van der Waals surface area contributed by atoms with E-state index in [1.807, 2.05) is 12.1 Å². The van der Waals surface area contributed by atoms with Gasteiger partial charge in [-0.2, -0.15) is 4.31 Å². The Morgan fingerprint density at radius 3 is 2.53 bits per heavy atom. The molecule has 0 radical (unpaired) electrons. The van der Waals surface area contributed by atoms with Crippen LogP contribution in [0, 0.1) is 0 Å². The van der Waals surface area contributed by atoms with Gasteiger partial charge in [-0.15, -0.1) is 0 Å². The Labute approximate surface area is 187 Å². The van der Waals surface area contributed by atoms with Gasteiger partial charge in [0.1, 0.15) is 11.3 Å². The smallest absolute Gasteiger partial charge is 0.255 e. The van der Waals surface area contributed by atoms with Gasteiger partial charge in [0.25, 0.3) is 5.91 Å². The van der Waals surface area contributed by atoms with E-state index in [4.69, 9.17) is 0 Å². The number of likely N-dealkylation sites (tertiary alicyclic amines) is 1. The fourth-order valence-electron chi connectivity index (χ4n) is 4.99. The molecule has 0 aromatic heterocycles. The predicted octanol–water partition coefficient (Wildman–Crippen LogP) is -1.13. The number of hydrogen-bond donors (Lipinski definition) is 2. The van der Waals surface area contributed by atoms with Crippen LogP contribution in [-0.2, 0) is 32.7 Å². The normalized spacial score (nSPS) is 25.6. The number of benzene rings is 1. The number of hydrogen-bond acceptors (Lipinski definition) is 7. The van der Waals surface area contributed by atoms with Gasteiger partial charge in [0.05, 0.1) is 0 Å². The minimum atomic E-state index is -3.29. The van der Waals surface area contributed by atoms with Crippen molar-refractivity contribution in [3.05, 3.63) is 34.9 Å². The minimum absolute atomic E-state index is 0.195. The van der Waals surface area contributed by atoms with Gasteiger partial charge in [0.2, 0.25) is 21.8 Å². The number of piperazine rings is 1. The summed E-state index contributed by atoms with van der Waals surface area (Å²) >= 11 is 0. The zero-order chi connectivity index (χ0) is 22.5. The molecule has 1 aromatic carbocycles. The molecule has 2 N–H and O–H groups in total. The number of sulfonamides is 1. The third-order valence-corrected chi connectivity index (χ3v) is 9.08. The van der Waals surface area contributed by atoms with Gasteiger partial charge in [-0.1, -0.05) is 12.1 Å². The molecule has 4 heterocycles. The fraction of sp³-hybridized carbons (Fsp3) is 0.571. The van der Waals surface area contributed by atoms with Crippen LogP contribution in [0.1, 0.15) is 34.3 Å². The van der Waals surface area contributed by atoms with Crippen LogP contribution in [-0.4, -0.2) is 90.8 Å². The minimum Gasteiger partial charge on any atom is -0.322 e. The Bertz CT molecular complexity index is 1060. The standard InChI is InChI=1S/C21H27N5O5S/c27-19-5-4-18(20(28)23-19)26-13-17-14(2-1-3-16(17)21(26)29)10-24-11-15(12-24)32(30,31)25-8-6-22-7-9-25/h1-3,15,18,22H,4-13H2,(H,23,27,28). The van der Waals surface area contributed by atoms with E-state index in [0.717, 1.165) is 11.1 Å². The molecule has 32 heavy (non-hydrogen) atoms. The first-order valence-electron chi connectivity index (χ1n) is 11.0. The summed E-state index contributed by atoms with van der Waals surface area (Å²) in [6.45, 7) is 4.24. The van der Waals surface area contributed by atoms with E-state index >= 15 is 0 Å². The van der Waals surface area contributed by atoms with E-state index in [0.29, 0.717) is 64.3 Å². The first kappa shape index (κ1) is 21.5. The fourth-order valence-corrected chi connectivity index (χ4v) is 6.90. The summed E-state index contributed by atoms with van der Waals surface area (Å²) in [6, 6.07) is 4.91. The maximum Gasteiger partial charge on any atom is 0.255 e. The van der Waals surface area contributed by atoms with Crippen molar-refractivity contribution in [2.24, 2.45) is 0 Å². The van der Waals surface area contributed by atoms with Crippen molar-refractivity contribution in [3.63, 3.8) is 0 Å². The van der Waals surface area contributed by atoms with Crippen LogP contribution in [0.2, 0.25) is 0 Å². The van der Waals surface area contributed by atoms with Gasteiger partial charge in [0.15, 0.2) is 0 Å². The molecule has 0 bridgehead atoms. The van der Waals surface area contributed by atoms with E-state index in [9.17, 15) is 22.8 Å². The molecule has 5 rings (SSSR count). The maximum absolute atomic E-state index is 13.0. The lowest BCUT2D eigenvalue weighted by Crippen LogP contribution is -2.60. The summed E-state index contributed by atoms with van der Waals surface area (Å²) in [5.74, 6) is -0.925. The van der Waals surface area contributed by atoms with E-state index < -0.39 is 22.0 Å². The highest BCUT2D eigenvalue weighted by Crippen LogP contribution is 2.31. The number of nitrogens with zero attached hydrogens (tertiary/aromatic N) is 3. The van der Waals surface area contributed by atoms with Crippen LogP contribution < -0.4 is 10.6 Å². The summed E-state index contributed by atoms with van der Waals surface area (Å²) in [4.78, 5) is 40.3. The molecule has 0 spiro atoms. The molecular formula is C21H27N5O5S. The largest absolute Gasteiger partial charge is 0.322 e. The second-order valence-corrected chi connectivity index (χ2v) is 11.1. The first-order valence-corrected chi connectivity index (χ1v) is 12.5. The van der Waals surface area contributed by atoms with E-state index in [1.54, 1.807) is 15.3 Å². The Morgan fingerprint density at radius 1 is 1.06 bits per heavy atom. The van der Waals surface area contributed by atoms with Crippen LogP contribution in [0.5, 0.6) is 0 Å². The Kier molecular flexibility index (Phi) is 5.52. The van der Waals surface area contributed by atoms with E-state index in [-0.39, 0.29) is 23.5 Å². The van der Waals surface area contributed by atoms with Gasteiger partial charge < -0.3 is 10.2 Å². The Hall–Kier alpha value is -2.34. The third kappa shape index (κ3) is 3.72. The number of amides is 3. The molecule has 1 atom stereocenters. The highest BCUT2D eigenvalue weighted by atomic mass is 32.2. The molecule has 3 fully saturated rings. The van der Waals surface area contributed by atoms with Crippen molar-refractivity contribution in [1.29, 1.82) is 0 Å². The lowest BCUT2D eigenvalue weighted by atomic mass is 10.0. The zero-order valence-electron chi connectivity index (χ0n) is 17.7. The number of nitrogens with one attached hydrogen (secondary N) is 2. The topological polar surface area (TPSA) is 119 Å². The molecule has 3 saturated heterocycles. The van der Waals surface area contributed by atoms with Crippen LogP contribution in [0.3, 0.4) is 0 Å². The van der Waals surface area contributed by atoms with Crippen LogP contribution in [0.15, 0.2) is 18.2 Å². The zero-order valence-corrected chi connectivity index (χ0v) is 18.6. The van der Waals surface area contributed by atoms with Gasteiger partial charge >= 0.3 is 0 Å². The average molecular weight is 462 g/mol. The van der Waals surface area contributed by atoms with Crippen LogP contribution >= 0.6 is 0 Å². The highest BCUT2D eigenvalue weighted by molar-refractivity contribution is 7.89. The molecule has 172 valence electrons. The molecule has 3 amide bonds. The second-order valence-electron chi connectivity index (χ2n) is 8.85. The van der Waals surface area contributed by atoms with Crippen molar-refractivity contribution >= 4 is 27.7 Å². The number of carbonyl (C=O) groups excluding carboxylic acids is 3. The summed E-state index contributed by atoms with van der Waals surface area (Å²) in [5, 5.41) is 5.10. The van der Waals surface area contributed by atoms with Crippen molar-refractivity contribution in [2.75, 3.05) is 39.3 Å². The van der Waals surface area contributed by atoms with Gasteiger partial charge in [-0.05, 0) is 23.6 Å². The van der Waals surface area contributed by atoms with Crippen LogP contribution in [0.25, 0.3) is 0 Å². The lowest BCUT2D eigenvalue weighted by molar-refractivity contribution is -0.136. The predicted molar refractivity (Wildman–Crippen MR) is 115 cm³/mol. The number of carbonyl (C=O) groups is 3. The Morgan fingerprint density at radius 2 is 1.81 bits per heavy atom. The number of imide groups is 1. The third-order valence-electron chi connectivity index (χ3n) is 6.85. The number of rotatable bonds is 5. The SMILES string of the molecule is O=C1CCC(N2Cc3c(CN4CC(S(=O)(=O)N5CCNCC5)C4)cccc3C2=O)C(=O)N1. The molecular weight excluding hydrogens is 434 g/mol. The van der Waals surface area contributed by atoms with Crippen molar-refractivity contribution in [3.8, 4) is 0 Å². The van der Waals surface area contributed by atoms with E-state index in [2.05, 4.69) is 15.5 Å². The van der Waals surface area contributed by atoms with Crippen molar-refractivity contribution in [2.45, 2.75) is 37.2 Å². The number of fused-ring (bicyclic) bond motifs is 1. The molecule has 4 aliphatic heterocycles. The molecule has 1 aromatic rings.